The van der Waals surface area contributed by atoms with Gasteiger partial charge in [0.25, 0.3) is 5.91 Å². The van der Waals surface area contributed by atoms with Crippen LogP contribution in [0, 0.1) is 0 Å². The van der Waals surface area contributed by atoms with Crippen LogP contribution in [-0.4, -0.2) is 51.8 Å². The molecule has 4 rings (SSSR count). The van der Waals surface area contributed by atoms with E-state index >= 15 is 0 Å². The third-order valence-corrected chi connectivity index (χ3v) is 7.83. The first kappa shape index (κ1) is 20.8. The van der Waals surface area contributed by atoms with Crippen LogP contribution in [-0.2, 0) is 4.79 Å². The highest BCUT2D eigenvalue weighted by Gasteiger charge is 2.39. The lowest BCUT2D eigenvalue weighted by Gasteiger charge is -2.34. The number of piperidine rings is 1. The summed E-state index contributed by atoms with van der Waals surface area (Å²) in [5.41, 5.74) is 0.656. The molecule has 1 aromatic heterocycles. The molecule has 1 aromatic rings. The zero-order valence-corrected chi connectivity index (χ0v) is 18.6. The van der Waals surface area contributed by atoms with Crippen molar-refractivity contribution in [1.29, 1.82) is 0 Å². The van der Waals surface area contributed by atoms with E-state index in [1.165, 1.54) is 19.3 Å². The van der Waals surface area contributed by atoms with Crippen LogP contribution in [0.1, 0.15) is 105 Å². The van der Waals surface area contributed by atoms with E-state index in [4.69, 9.17) is 4.98 Å². The molecule has 2 heterocycles. The number of thiazole rings is 1. The van der Waals surface area contributed by atoms with E-state index < -0.39 is 0 Å². The van der Waals surface area contributed by atoms with Gasteiger partial charge < -0.3 is 9.80 Å². The van der Waals surface area contributed by atoms with Gasteiger partial charge in [-0.3, -0.25) is 9.59 Å². The average Bonchev–Trinajstić information content (AvgIpc) is 3.47. The molecule has 0 unspecified atom stereocenters. The predicted octanol–water partition coefficient (Wildman–Crippen LogP) is 4.98. The lowest BCUT2D eigenvalue weighted by atomic mass is 9.94. The quantitative estimate of drug-likeness (QED) is 0.629. The van der Waals surface area contributed by atoms with Gasteiger partial charge in [0.2, 0.25) is 5.91 Å². The Balaban J connectivity index is 1.35. The summed E-state index contributed by atoms with van der Waals surface area (Å²) in [5.74, 6) is 0.850. The van der Waals surface area contributed by atoms with Gasteiger partial charge in [-0.05, 0) is 44.9 Å². The zero-order valence-electron chi connectivity index (χ0n) is 17.8. The summed E-state index contributed by atoms with van der Waals surface area (Å²) in [4.78, 5) is 34.5. The largest absolute Gasteiger partial charge is 0.343 e. The molecule has 160 valence electrons. The fraction of sp³-hybridized carbons (Fsp3) is 0.783. The molecule has 5 nitrogen and oxygen atoms in total. The Morgan fingerprint density at radius 2 is 1.76 bits per heavy atom. The molecule has 0 bridgehead atoms. The summed E-state index contributed by atoms with van der Waals surface area (Å²) < 4.78 is 0. The number of likely N-dealkylation sites (tertiary alicyclic amines) is 1. The maximum atomic E-state index is 13.3. The van der Waals surface area contributed by atoms with E-state index in [1.54, 1.807) is 11.3 Å². The number of amides is 2. The van der Waals surface area contributed by atoms with Crippen LogP contribution in [0.25, 0.3) is 0 Å². The van der Waals surface area contributed by atoms with Crippen molar-refractivity contribution < 1.29 is 9.59 Å². The highest BCUT2D eigenvalue weighted by molar-refractivity contribution is 7.09. The molecule has 2 saturated carbocycles. The normalized spacial score (nSPS) is 21.3. The van der Waals surface area contributed by atoms with Crippen molar-refractivity contribution in [1.82, 2.24) is 14.8 Å². The number of carbonyl (C=O) groups is 2. The molecule has 3 aliphatic rings. The summed E-state index contributed by atoms with van der Waals surface area (Å²) in [6.07, 6.45) is 13.1. The Morgan fingerprint density at radius 1 is 1.07 bits per heavy atom. The Labute approximate surface area is 178 Å². The Bertz CT molecular complexity index is 701. The molecular formula is C23H35N3O2S. The van der Waals surface area contributed by atoms with Crippen LogP contribution in [0.4, 0.5) is 0 Å². The summed E-state index contributed by atoms with van der Waals surface area (Å²) in [5, 5.41) is 3.07. The van der Waals surface area contributed by atoms with Gasteiger partial charge >= 0.3 is 0 Å². The second kappa shape index (κ2) is 9.59. The molecule has 0 aromatic carbocycles. The van der Waals surface area contributed by atoms with Gasteiger partial charge in [-0.25, -0.2) is 4.98 Å². The molecule has 0 atom stereocenters. The van der Waals surface area contributed by atoms with E-state index in [9.17, 15) is 9.59 Å². The molecule has 2 aliphatic carbocycles. The monoisotopic (exact) mass is 417 g/mol. The van der Waals surface area contributed by atoms with Crippen molar-refractivity contribution in [3.63, 3.8) is 0 Å². The summed E-state index contributed by atoms with van der Waals surface area (Å²) in [6.45, 7) is 3.78. The number of hydrogen-bond acceptors (Lipinski definition) is 4. The topological polar surface area (TPSA) is 53.5 Å². The molecule has 6 heteroatoms. The van der Waals surface area contributed by atoms with Crippen molar-refractivity contribution in [3.8, 4) is 0 Å². The van der Waals surface area contributed by atoms with Crippen LogP contribution in [0.5, 0.6) is 0 Å². The fourth-order valence-electron chi connectivity index (χ4n) is 4.91. The van der Waals surface area contributed by atoms with E-state index in [1.807, 2.05) is 10.3 Å². The van der Waals surface area contributed by atoms with Gasteiger partial charge in [-0.2, -0.15) is 0 Å². The molecular weight excluding hydrogens is 382 g/mol. The number of aromatic nitrogens is 1. The van der Waals surface area contributed by atoms with Gasteiger partial charge in [0.1, 0.15) is 5.69 Å². The van der Waals surface area contributed by atoms with Crippen LogP contribution >= 0.6 is 11.3 Å². The van der Waals surface area contributed by atoms with Gasteiger partial charge in [-0.1, -0.05) is 32.6 Å². The molecule has 29 heavy (non-hydrogen) atoms. The van der Waals surface area contributed by atoms with Crippen molar-refractivity contribution in [2.24, 2.45) is 0 Å². The summed E-state index contributed by atoms with van der Waals surface area (Å²) >= 11 is 1.64. The first-order valence-corrected chi connectivity index (χ1v) is 12.6. The second-order valence-electron chi connectivity index (χ2n) is 9.07. The van der Waals surface area contributed by atoms with Crippen LogP contribution in [0.15, 0.2) is 5.38 Å². The molecule has 0 radical (unpaired) electrons. The Kier molecular flexibility index (Phi) is 6.88. The molecule has 1 saturated heterocycles. The van der Waals surface area contributed by atoms with Gasteiger partial charge in [0, 0.05) is 42.9 Å². The first-order valence-electron chi connectivity index (χ1n) is 11.7. The predicted molar refractivity (Wildman–Crippen MR) is 116 cm³/mol. The highest BCUT2D eigenvalue weighted by atomic mass is 32.1. The van der Waals surface area contributed by atoms with Crippen LogP contribution < -0.4 is 0 Å². The average molecular weight is 418 g/mol. The van der Waals surface area contributed by atoms with Crippen LogP contribution in [0.3, 0.4) is 0 Å². The third-order valence-electron chi connectivity index (χ3n) is 6.83. The molecule has 0 N–H and O–H groups in total. The fourth-order valence-corrected chi connectivity index (χ4v) is 5.87. The van der Waals surface area contributed by atoms with Gasteiger partial charge in [0.05, 0.1) is 5.01 Å². The van der Waals surface area contributed by atoms with Crippen molar-refractivity contribution >= 4 is 23.2 Å². The smallest absolute Gasteiger partial charge is 0.273 e. The Morgan fingerprint density at radius 3 is 2.41 bits per heavy atom. The molecule has 0 spiro atoms. The minimum Gasteiger partial charge on any atom is -0.343 e. The lowest BCUT2D eigenvalue weighted by Crippen LogP contribution is -2.43. The zero-order chi connectivity index (χ0) is 20.2. The van der Waals surface area contributed by atoms with E-state index in [0.717, 1.165) is 69.5 Å². The highest BCUT2D eigenvalue weighted by Crippen LogP contribution is 2.36. The number of carbonyl (C=O) groups excluding carboxylic acids is 2. The minimum atomic E-state index is 0.161. The molecule has 3 fully saturated rings. The first-order chi connectivity index (χ1) is 14.2. The second-order valence-corrected chi connectivity index (χ2v) is 9.95. The molecule has 2 amide bonds. The Hall–Kier alpha value is -1.43. The minimum absolute atomic E-state index is 0.161. The third kappa shape index (κ3) is 5.01. The molecule has 1 aliphatic heterocycles. The summed E-state index contributed by atoms with van der Waals surface area (Å²) in [6, 6.07) is 0.874. The number of hydrogen-bond donors (Lipinski definition) is 0. The van der Waals surface area contributed by atoms with Gasteiger partial charge in [-0.15, -0.1) is 11.3 Å². The lowest BCUT2D eigenvalue weighted by molar-refractivity contribution is -0.132. The van der Waals surface area contributed by atoms with Crippen molar-refractivity contribution in [3.05, 3.63) is 16.1 Å². The van der Waals surface area contributed by atoms with Gasteiger partial charge in [0.15, 0.2) is 0 Å². The van der Waals surface area contributed by atoms with Crippen LogP contribution in [0.2, 0.25) is 0 Å². The maximum Gasteiger partial charge on any atom is 0.273 e. The number of unbranched alkanes of at least 4 members (excludes halogenated alkanes) is 1. The van der Waals surface area contributed by atoms with E-state index in [0.29, 0.717) is 36.0 Å². The number of rotatable bonds is 7. The van der Waals surface area contributed by atoms with E-state index in [-0.39, 0.29) is 5.91 Å². The SMILES string of the molecule is CCCCC(=O)N1CCC(c2nc(C(=O)N(C3CCCCC3)C3CC3)cs2)CC1. The number of nitrogens with zero attached hydrogens (tertiary/aromatic N) is 3. The van der Waals surface area contributed by atoms with Crippen molar-refractivity contribution in [2.75, 3.05) is 13.1 Å². The van der Waals surface area contributed by atoms with E-state index in [2.05, 4.69) is 11.8 Å². The summed E-state index contributed by atoms with van der Waals surface area (Å²) in [7, 11) is 0. The maximum absolute atomic E-state index is 13.3. The van der Waals surface area contributed by atoms with Crippen molar-refractivity contribution in [2.45, 2.75) is 102 Å². The standard InChI is InChI=1S/C23H35N3O2S/c1-2-3-9-21(27)25-14-12-17(13-15-25)22-24-20(16-29-22)23(28)26(19-10-11-19)18-7-5-4-6-8-18/h16-19H,2-15H2,1H3.